The molecule has 1 heteroatoms. The zero-order chi connectivity index (χ0) is 11.8. The Bertz CT molecular complexity index is 276. The van der Waals surface area contributed by atoms with Gasteiger partial charge in [0.2, 0.25) is 0 Å². The van der Waals surface area contributed by atoms with Crippen molar-refractivity contribution in [2.45, 2.75) is 46.7 Å². The summed E-state index contributed by atoms with van der Waals surface area (Å²) < 4.78 is 12.8. The Morgan fingerprint density at radius 1 is 1.40 bits per heavy atom. The largest absolute Gasteiger partial charge is 0.243 e. The lowest BCUT2D eigenvalue weighted by Crippen LogP contribution is -1.97. The lowest BCUT2D eigenvalue weighted by Gasteiger charge is -2.09. The van der Waals surface area contributed by atoms with Crippen LogP contribution in [0.3, 0.4) is 0 Å². The van der Waals surface area contributed by atoms with Crippen molar-refractivity contribution >= 4 is 0 Å². The summed E-state index contributed by atoms with van der Waals surface area (Å²) in [7, 11) is 0. The molecule has 0 rings (SSSR count). The highest BCUT2D eigenvalue weighted by Gasteiger charge is 2.04. The average Bonchev–Trinajstić information content (AvgIpc) is 2.18. The van der Waals surface area contributed by atoms with Crippen molar-refractivity contribution in [2.24, 2.45) is 5.92 Å². The topological polar surface area (TPSA) is 0 Å². The third kappa shape index (κ3) is 5.42. The second kappa shape index (κ2) is 7.29. The van der Waals surface area contributed by atoms with E-state index in [4.69, 9.17) is 6.42 Å². The molecule has 15 heavy (non-hydrogen) atoms. The van der Waals surface area contributed by atoms with E-state index in [1.807, 2.05) is 6.08 Å². The lowest BCUT2D eigenvalue weighted by molar-refractivity contribution is 0.411. The molecule has 84 valence electrons. The molecule has 0 nitrogen and oxygen atoms in total. The molecule has 0 aliphatic carbocycles. The number of terminal acetylenes is 1. The third-order valence-corrected chi connectivity index (χ3v) is 2.57. The minimum atomic E-state index is -0.901. The van der Waals surface area contributed by atoms with Crippen LogP contribution in [-0.2, 0) is 0 Å². The molecule has 0 spiro atoms. The summed E-state index contributed by atoms with van der Waals surface area (Å²) in [5.41, 5.74) is 1.67. The first-order valence-electron chi connectivity index (χ1n) is 5.51. The fraction of sp³-hybridized carbons (Fsp3) is 0.571. The molecule has 0 aromatic heterocycles. The standard InChI is InChI=1S/C14H21F/c1-6-8-12(4)14(7-2)10-9-11(3)13(5)15/h2,9-10,12-13H,6,8H2,1,3-5H3/b11-9+,14-10+. The minimum Gasteiger partial charge on any atom is -0.243 e. The highest BCUT2D eigenvalue weighted by molar-refractivity contribution is 5.32. The van der Waals surface area contributed by atoms with Crippen molar-refractivity contribution in [3.63, 3.8) is 0 Å². The predicted octanol–water partition coefficient (Wildman–Crippen LogP) is 4.29. The van der Waals surface area contributed by atoms with Crippen LogP contribution in [0.1, 0.15) is 40.5 Å². The van der Waals surface area contributed by atoms with E-state index in [0.717, 1.165) is 18.4 Å². The fourth-order valence-corrected chi connectivity index (χ4v) is 1.30. The van der Waals surface area contributed by atoms with E-state index in [0.29, 0.717) is 11.5 Å². The maximum absolute atomic E-state index is 12.8. The van der Waals surface area contributed by atoms with Gasteiger partial charge in [0.05, 0.1) is 0 Å². The van der Waals surface area contributed by atoms with Gasteiger partial charge in [-0.2, -0.15) is 0 Å². The molecular formula is C14H21F. The second-order valence-corrected chi connectivity index (χ2v) is 3.98. The van der Waals surface area contributed by atoms with Gasteiger partial charge in [0.1, 0.15) is 6.17 Å². The zero-order valence-electron chi connectivity index (χ0n) is 10.2. The zero-order valence-corrected chi connectivity index (χ0v) is 10.2. The molecule has 0 heterocycles. The van der Waals surface area contributed by atoms with Crippen LogP contribution in [0.5, 0.6) is 0 Å². The quantitative estimate of drug-likeness (QED) is 0.467. The Balaban J connectivity index is 4.62. The molecule has 0 amide bonds. The summed E-state index contributed by atoms with van der Waals surface area (Å²) in [5, 5.41) is 0. The van der Waals surface area contributed by atoms with Crippen molar-refractivity contribution in [2.75, 3.05) is 0 Å². The van der Waals surface area contributed by atoms with E-state index in [9.17, 15) is 4.39 Å². The van der Waals surface area contributed by atoms with Gasteiger partial charge in [0.15, 0.2) is 0 Å². The summed E-state index contributed by atoms with van der Waals surface area (Å²) in [4.78, 5) is 0. The first-order chi connectivity index (χ1) is 7.02. The van der Waals surface area contributed by atoms with Crippen molar-refractivity contribution in [3.8, 4) is 12.3 Å². The van der Waals surface area contributed by atoms with E-state index in [1.54, 1.807) is 13.0 Å². The molecule has 0 radical (unpaired) electrons. The van der Waals surface area contributed by atoms with Crippen LogP contribution in [0.15, 0.2) is 23.3 Å². The molecule has 0 N–H and O–H groups in total. The Morgan fingerprint density at radius 2 is 2.00 bits per heavy atom. The summed E-state index contributed by atoms with van der Waals surface area (Å²) in [6.45, 7) is 7.55. The van der Waals surface area contributed by atoms with Gasteiger partial charge in [-0.05, 0) is 31.8 Å². The van der Waals surface area contributed by atoms with E-state index in [-0.39, 0.29) is 0 Å². The Kier molecular flexibility index (Phi) is 6.79. The molecule has 0 fully saturated rings. The monoisotopic (exact) mass is 208 g/mol. The summed E-state index contributed by atoms with van der Waals surface area (Å²) in [6, 6.07) is 0. The normalized spacial score (nSPS) is 17.1. The summed E-state index contributed by atoms with van der Waals surface area (Å²) >= 11 is 0. The molecule has 0 aromatic carbocycles. The fourth-order valence-electron chi connectivity index (χ4n) is 1.30. The smallest absolute Gasteiger partial charge is 0.118 e. The SMILES string of the molecule is C#C/C(=C\C=C(/C)C(C)F)C(C)CCC. The van der Waals surface area contributed by atoms with Crippen molar-refractivity contribution in [3.05, 3.63) is 23.3 Å². The molecule has 0 aliphatic rings. The van der Waals surface area contributed by atoms with Gasteiger partial charge >= 0.3 is 0 Å². The van der Waals surface area contributed by atoms with Crippen LogP contribution in [0.25, 0.3) is 0 Å². The lowest BCUT2D eigenvalue weighted by atomic mass is 9.96. The maximum atomic E-state index is 12.8. The first-order valence-corrected chi connectivity index (χ1v) is 5.51. The number of halogens is 1. The number of hydrogen-bond acceptors (Lipinski definition) is 0. The van der Waals surface area contributed by atoms with Gasteiger partial charge in [-0.1, -0.05) is 38.3 Å². The molecule has 0 aromatic rings. The Labute approximate surface area is 93.3 Å². The van der Waals surface area contributed by atoms with Crippen molar-refractivity contribution in [1.29, 1.82) is 0 Å². The minimum absolute atomic E-state index is 0.388. The summed E-state index contributed by atoms with van der Waals surface area (Å²) in [5.74, 6) is 3.06. The van der Waals surface area contributed by atoms with E-state index < -0.39 is 6.17 Å². The number of rotatable bonds is 5. The van der Waals surface area contributed by atoms with Gasteiger partial charge in [0, 0.05) is 5.57 Å². The van der Waals surface area contributed by atoms with Crippen LogP contribution >= 0.6 is 0 Å². The van der Waals surface area contributed by atoms with E-state index in [1.165, 1.54) is 6.92 Å². The van der Waals surface area contributed by atoms with Crippen LogP contribution in [0.2, 0.25) is 0 Å². The van der Waals surface area contributed by atoms with Gasteiger partial charge in [0.25, 0.3) is 0 Å². The van der Waals surface area contributed by atoms with E-state index in [2.05, 4.69) is 19.8 Å². The third-order valence-electron chi connectivity index (χ3n) is 2.57. The van der Waals surface area contributed by atoms with E-state index >= 15 is 0 Å². The molecular weight excluding hydrogens is 187 g/mol. The number of hydrogen-bond donors (Lipinski definition) is 0. The predicted molar refractivity (Wildman–Crippen MR) is 65.3 cm³/mol. The van der Waals surface area contributed by atoms with Gasteiger partial charge in [-0.3, -0.25) is 0 Å². The van der Waals surface area contributed by atoms with Crippen LogP contribution in [-0.4, -0.2) is 6.17 Å². The number of allylic oxidation sites excluding steroid dienone is 4. The van der Waals surface area contributed by atoms with Gasteiger partial charge < -0.3 is 0 Å². The van der Waals surface area contributed by atoms with Crippen LogP contribution in [0.4, 0.5) is 4.39 Å². The van der Waals surface area contributed by atoms with Gasteiger partial charge in [-0.25, -0.2) is 4.39 Å². The highest BCUT2D eigenvalue weighted by Crippen LogP contribution is 2.16. The second-order valence-electron chi connectivity index (χ2n) is 3.98. The molecule has 2 unspecified atom stereocenters. The van der Waals surface area contributed by atoms with Gasteiger partial charge in [-0.15, -0.1) is 6.42 Å². The van der Waals surface area contributed by atoms with Crippen molar-refractivity contribution in [1.82, 2.24) is 0 Å². The summed E-state index contributed by atoms with van der Waals surface area (Å²) in [6.07, 6.45) is 10.4. The van der Waals surface area contributed by atoms with Crippen LogP contribution < -0.4 is 0 Å². The van der Waals surface area contributed by atoms with Crippen molar-refractivity contribution < 1.29 is 4.39 Å². The van der Waals surface area contributed by atoms with Crippen LogP contribution in [0, 0.1) is 18.3 Å². The molecule has 0 saturated heterocycles. The first kappa shape index (κ1) is 14.0. The maximum Gasteiger partial charge on any atom is 0.118 e. The molecule has 2 atom stereocenters. The molecule has 0 aliphatic heterocycles. The average molecular weight is 208 g/mol. The number of alkyl halides is 1. The molecule has 0 bridgehead atoms. The highest BCUT2D eigenvalue weighted by atomic mass is 19.1. The molecule has 0 saturated carbocycles. The Morgan fingerprint density at radius 3 is 2.40 bits per heavy atom. The Hall–Kier alpha value is -1.03.